The topological polar surface area (TPSA) is 128 Å². The first-order valence-electron chi connectivity index (χ1n) is 14.7. The van der Waals surface area contributed by atoms with E-state index >= 15 is 0 Å². The molecule has 2 fully saturated rings. The van der Waals surface area contributed by atoms with Crippen molar-refractivity contribution in [1.82, 2.24) is 20.4 Å². The second-order valence-electron chi connectivity index (χ2n) is 11.8. The van der Waals surface area contributed by atoms with E-state index in [4.69, 9.17) is 4.74 Å². The molecule has 2 aromatic carbocycles. The molecule has 2 aliphatic rings. The summed E-state index contributed by atoms with van der Waals surface area (Å²) >= 11 is 0. The zero-order chi connectivity index (χ0) is 31.3. The quantitative estimate of drug-likeness (QED) is 0.435. The molecule has 230 valence electrons. The van der Waals surface area contributed by atoms with Crippen molar-refractivity contribution in [3.8, 4) is 0 Å². The molecule has 2 aliphatic heterocycles. The van der Waals surface area contributed by atoms with E-state index in [1.54, 1.807) is 19.1 Å². The number of alkyl carbamates (subject to hydrolysis) is 1. The van der Waals surface area contributed by atoms with Crippen LogP contribution in [0, 0.1) is 5.92 Å². The number of Topliss-reactive ketones (excluding diaryl/α,β-unsaturated/α-hetero) is 1. The molecule has 2 heterocycles. The second kappa shape index (κ2) is 13.7. The SMILES string of the molecule is CC(C)C[C@H](NC(=O)c1ccc(N(C)C)cc1)C(=O)N1CCC2C1C(=O)CN2C(=O)[C@H](C)NC(=O)OCc1ccccc1. The zero-order valence-corrected chi connectivity index (χ0v) is 25.4. The van der Waals surface area contributed by atoms with Crippen LogP contribution in [-0.4, -0.2) is 90.8 Å². The van der Waals surface area contributed by atoms with Crippen LogP contribution in [0.15, 0.2) is 54.6 Å². The fraction of sp³-hybridized carbons (Fsp3) is 0.469. The zero-order valence-electron chi connectivity index (χ0n) is 25.4. The normalized spacial score (nSPS) is 19.1. The number of hydrogen-bond donors (Lipinski definition) is 2. The third-order valence-corrected chi connectivity index (χ3v) is 7.86. The number of benzene rings is 2. The number of ketones is 1. The van der Waals surface area contributed by atoms with Gasteiger partial charge >= 0.3 is 6.09 Å². The summed E-state index contributed by atoms with van der Waals surface area (Å²) in [6.45, 7) is 5.67. The minimum absolute atomic E-state index is 0.0625. The average Bonchev–Trinajstić information content (AvgIpc) is 3.56. The highest BCUT2D eigenvalue weighted by Crippen LogP contribution is 2.31. The number of rotatable bonds is 10. The number of amides is 4. The maximum atomic E-state index is 13.8. The van der Waals surface area contributed by atoms with Crippen LogP contribution in [0.3, 0.4) is 0 Å². The van der Waals surface area contributed by atoms with Crippen molar-refractivity contribution >= 4 is 35.3 Å². The third-order valence-electron chi connectivity index (χ3n) is 7.86. The fourth-order valence-corrected chi connectivity index (χ4v) is 5.66. The number of nitrogens with one attached hydrogen (secondary N) is 2. The van der Waals surface area contributed by atoms with Crippen LogP contribution in [-0.2, 0) is 25.7 Å². The van der Waals surface area contributed by atoms with E-state index in [-0.39, 0.29) is 43.2 Å². The van der Waals surface area contributed by atoms with Crippen molar-refractivity contribution in [3.05, 3.63) is 65.7 Å². The molecule has 43 heavy (non-hydrogen) atoms. The van der Waals surface area contributed by atoms with Gasteiger partial charge in [-0.15, -0.1) is 0 Å². The Bertz CT molecular complexity index is 1330. The summed E-state index contributed by atoms with van der Waals surface area (Å²) in [5, 5.41) is 5.43. The molecule has 2 unspecified atom stereocenters. The Hall–Kier alpha value is -4.41. The van der Waals surface area contributed by atoms with Gasteiger partial charge in [-0.05, 0) is 55.5 Å². The van der Waals surface area contributed by atoms with Crippen LogP contribution in [0.2, 0.25) is 0 Å². The van der Waals surface area contributed by atoms with E-state index < -0.39 is 36.2 Å². The van der Waals surface area contributed by atoms with Gasteiger partial charge in [0.2, 0.25) is 11.8 Å². The Morgan fingerprint density at radius 1 is 0.930 bits per heavy atom. The summed E-state index contributed by atoms with van der Waals surface area (Å²) in [7, 11) is 3.82. The van der Waals surface area contributed by atoms with E-state index in [1.165, 1.54) is 9.80 Å². The molecule has 11 heteroatoms. The lowest BCUT2D eigenvalue weighted by Crippen LogP contribution is -2.53. The number of carbonyl (C=O) groups is 5. The monoisotopic (exact) mass is 591 g/mol. The van der Waals surface area contributed by atoms with E-state index in [0.29, 0.717) is 18.4 Å². The van der Waals surface area contributed by atoms with Crippen molar-refractivity contribution in [1.29, 1.82) is 0 Å². The minimum atomic E-state index is -0.925. The number of hydrogen-bond acceptors (Lipinski definition) is 7. The maximum absolute atomic E-state index is 13.8. The number of likely N-dealkylation sites (tertiary alicyclic amines) is 2. The molecule has 0 spiro atoms. The summed E-state index contributed by atoms with van der Waals surface area (Å²) in [6, 6.07) is 13.2. The highest BCUT2D eigenvalue weighted by Gasteiger charge is 2.52. The summed E-state index contributed by atoms with van der Waals surface area (Å²) in [6.07, 6.45) is 0.0866. The highest BCUT2D eigenvalue weighted by atomic mass is 16.5. The molecule has 0 saturated carbocycles. The van der Waals surface area contributed by atoms with Gasteiger partial charge in [0.25, 0.3) is 5.91 Å². The standard InChI is InChI=1S/C32H41N5O6/c1-20(2)17-25(34-29(39)23-11-13-24(14-12-23)35(4)5)31(41)36-16-15-26-28(36)27(38)18-37(26)30(40)21(3)33-32(42)43-19-22-9-7-6-8-10-22/h6-14,20-21,25-26,28H,15-19H2,1-5H3,(H,33,42)(H,34,39)/t21-,25-,26?,28?/m0/s1. The van der Waals surface area contributed by atoms with Crippen LogP contribution in [0.4, 0.5) is 10.5 Å². The van der Waals surface area contributed by atoms with Crippen molar-refractivity contribution in [2.24, 2.45) is 5.92 Å². The number of ether oxygens (including phenoxy) is 1. The van der Waals surface area contributed by atoms with Crippen LogP contribution in [0.25, 0.3) is 0 Å². The first kappa shape index (κ1) is 31.5. The Morgan fingerprint density at radius 3 is 2.23 bits per heavy atom. The van der Waals surface area contributed by atoms with Gasteiger partial charge in [0.05, 0.1) is 12.6 Å². The third kappa shape index (κ3) is 7.52. The average molecular weight is 592 g/mol. The van der Waals surface area contributed by atoms with Crippen LogP contribution in [0.1, 0.15) is 49.5 Å². The Morgan fingerprint density at radius 2 is 1.60 bits per heavy atom. The van der Waals surface area contributed by atoms with Gasteiger partial charge in [-0.25, -0.2) is 4.79 Å². The molecule has 0 bridgehead atoms. The molecule has 11 nitrogen and oxygen atoms in total. The highest BCUT2D eigenvalue weighted by molar-refractivity contribution is 6.01. The number of fused-ring (bicyclic) bond motifs is 1. The molecule has 4 amide bonds. The van der Waals surface area contributed by atoms with Crippen molar-refractivity contribution in [3.63, 3.8) is 0 Å². The Labute approximate surface area is 252 Å². The van der Waals surface area contributed by atoms with E-state index in [2.05, 4.69) is 10.6 Å². The van der Waals surface area contributed by atoms with E-state index in [1.807, 2.05) is 75.3 Å². The molecule has 0 radical (unpaired) electrons. The summed E-state index contributed by atoms with van der Waals surface area (Å²) in [5.41, 5.74) is 2.19. The lowest BCUT2D eigenvalue weighted by Gasteiger charge is -2.29. The van der Waals surface area contributed by atoms with Gasteiger partial charge in [-0.2, -0.15) is 0 Å². The predicted molar refractivity (Wildman–Crippen MR) is 161 cm³/mol. The lowest BCUT2D eigenvalue weighted by atomic mass is 10.0. The molecule has 2 saturated heterocycles. The van der Waals surface area contributed by atoms with Gasteiger partial charge in [-0.3, -0.25) is 19.2 Å². The summed E-state index contributed by atoms with van der Waals surface area (Å²) in [4.78, 5) is 70.6. The first-order valence-corrected chi connectivity index (χ1v) is 14.7. The predicted octanol–water partition coefficient (Wildman–Crippen LogP) is 2.59. The number of carbonyl (C=O) groups excluding carboxylic acids is 5. The minimum Gasteiger partial charge on any atom is -0.445 e. The largest absolute Gasteiger partial charge is 0.445 e. The van der Waals surface area contributed by atoms with Crippen molar-refractivity contribution < 1.29 is 28.7 Å². The Balaban J connectivity index is 1.39. The fourth-order valence-electron chi connectivity index (χ4n) is 5.66. The van der Waals surface area contributed by atoms with Gasteiger partial charge in [0.1, 0.15) is 24.7 Å². The molecular weight excluding hydrogens is 550 g/mol. The van der Waals surface area contributed by atoms with E-state index in [0.717, 1.165) is 11.3 Å². The molecule has 2 aromatic rings. The number of anilines is 1. The van der Waals surface area contributed by atoms with Gasteiger partial charge in [0, 0.05) is 31.9 Å². The van der Waals surface area contributed by atoms with Crippen LogP contribution < -0.4 is 15.5 Å². The maximum Gasteiger partial charge on any atom is 0.408 e. The van der Waals surface area contributed by atoms with Gasteiger partial charge in [0.15, 0.2) is 5.78 Å². The van der Waals surface area contributed by atoms with Crippen LogP contribution >= 0.6 is 0 Å². The lowest BCUT2D eigenvalue weighted by molar-refractivity contribution is -0.138. The number of nitrogens with zero attached hydrogens (tertiary/aromatic N) is 3. The smallest absolute Gasteiger partial charge is 0.408 e. The summed E-state index contributed by atoms with van der Waals surface area (Å²) < 4.78 is 5.23. The van der Waals surface area contributed by atoms with Gasteiger partial charge < -0.3 is 30.1 Å². The summed E-state index contributed by atoms with van der Waals surface area (Å²) in [5.74, 6) is -1.25. The second-order valence-corrected chi connectivity index (χ2v) is 11.8. The van der Waals surface area contributed by atoms with Crippen molar-refractivity contribution in [2.75, 3.05) is 32.1 Å². The molecule has 2 N–H and O–H groups in total. The Kier molecular flexibility index (Phi) is 10.1. The molecular formula is C32H41N5O6. The molecule has 4 rings (SSSR count). The molecule has 4 atom stereocenters. The molecule has 0 aliphatic carbocycles. The van der Waals surface area contributed by atoms with Gasteiger partial charge in [-0.1, -0.05) is 44.2 Å². The van der Waals surface area contributed by atoms with Crippen LogP contribution in [0.5, 0.6) is 0 Å². The first-order chi connectivity index (χ1) is 20.5. The van der Waals surface area contributed by atoms with Crippen molar-refractivity contribution in [2.45, 2.75) is 64.4 Å². The molecule has 0 aromatic heterocycles. The van der Waals surface area contributed by atoms with E-state index in [9.17, 15) is 24.0 Å².